The summed E-state index contributed by atoms with van der Waals surface area (Å²) in [4.78, 5) is 3.86. The van der Waals surface area contributed by atoms with Gasteiger partial charge >= 0.3 is 0 Å². The van der Waals surface area contributed by atoms with Gasteiger partial charge in [0.25, 0.3) is 0 Å². The van der Waals surface area contributed by atoms with Crippen LogP contribution in [0, 0.1) is 12.3 Å². The molecule has 1 unspecified atom stereocenters. The Kier molecular flexibility index (Phi) is 6.45. The molecule has 2 aromatic rings. The number of hydrogen-bond acceptors (Lipinski definition) is 4. The second-order valence-corrected chi connectivity index (χ2v) is 10.7. The van der Waals surface area contributed by atoms with E-state index in [1.54, 1.807) is 11.8 Å². The third-order valence-electron chi connectivity index (χ3n) is 5.97. The molecule has 2 aromatic carbocycles. The first-order valence-electron chi connectivity index (χ1n) is 10.1. The van der Waals surface area contributed by atoms with E-state index in [-0.39, 0.29) is 11.2 Å². The van der Waals surface area contributed by atoms with Crippen LogP contribution in [0.1, 0.15) is 45.1 Å². The molecule has 0 saturated heterocycles. The molecule has 1 atom stereocenters. The number of aryl methyl sites for hydroxylation is 1. The molecule has 5 heteroatoms. The highest BCUT2D eigenvalue weighted by molar-refractivity contribution is 7.98. The summed E-state index contributed by atoms with van der Waals surface area (Å²) >= 11 is 1.67. The molecule has 1 aliphatic heterocycles. The normalized spacial score (nSPS) is 21.2. The van der Waals surface area contributed by atoms with Crippen molar-refractivity contribution in [2.75, 3.05) is 23.5 Å². The average Bonchev–Trinajstić information content (AvgIpc) is 2.79. The Morgan fingerprint density at radius 1 is 1.14 bits per heavy atom. The highest BCUT2D eigenvalue weighted by atomic mass is 32.2. The zero-order chi connectivity index (χ0) is 20.4. The second kappa shape index (κ2) is 8.50. The molecular formula is C23H31NO2S2. The van der Waals surface area contributed by atoms with Crippen LogP contribution in [0.25, 0.3) is 0 Å². The second-order valence-electron chi connectivity index (χ2n) is 7.93. The van der Waals surface area contributed by atoms with Gasteiger partial charge in [0.05, 0.1) is 16.3 Å². The molecular weight excluding hydrogens is 386 g/mol. The summed E-state index contributed by atoms with van der Waals surface area (Å²) in [6.45, 7) is 7.05. The molecule has 0 N–H and O–H groups in total. The predicted molar refractivity (Wildman–Crippen MR) is 121 cm³/mol. The van der Waals surface area contributed by atoms with E-state index in [9.17, 15) is 8.42 Å². The van der Waals surface area contributed by atoms with Gasteiger partial charge in [0.1, 0.15) is 0 Å². The van der Waals surface area contributed by atoms with Crippen LogP contribution < -0.4 is 4.90 Å². The number of fused-ring (bicyclic) bond motifs is 1. The molecule has 0 amide bonds. The molecule has 152 valence electrons. The summed E-state index contributed by atoms with van der Waals surface area (Å²) < 4.78 is 27.1. The zero-order valence-corrected chi connectivity index (χ0v) is 19.0. The molecule has 3 rings (SSSR count). The van der Waals surface area contributed by atoms with E-state index in [1.165, 1.54) is 0 Å². The highest BCUT2D eigenvalue weighted by Crippen LogP contribution is 2.45. The Balaban J connectivity index is 2.25. The first-order valence-corrected chi connectivity index (χ1v) is 13.0. The fourth-order valence-electron chi connectivity index (χ4n) is 4.21. The number of thioether (sulfide) groups is 1. The van der Waals surface area contributed by atoms with Gasteiger partial charge in [-0.3, -0.25) is 0 Å². The molecule has 3 nitrogen and oxygen atoms in total. The third-order valence-corrected chi connectivity index (χ3v) is 8.84. The van der Waals surface area contributed by atoms with Crippen LogP contribution in [0.4, 0.5) is 11.4 Å². The van der Waals surface area contributed by atoms with Crippen LogP contribution in [-0.4, -0.2) is 27.0 Å². The number of anilines is 2. The minimum Gasteiger partial charge on any atom is -0.340 e. The topological polar surface area (TPSA) is 37.4 Å². The van der Waals surface area contributed by atoms with E-state index < -0.39 is 9.84 Å². The number of benzene rings is 2. The summed E-state index contributed by atoms with van der Waals surface area (Å²) in [7, 11) is -3.37. The molecule has 1 heterocycles. The van der Waals surface area contributed by atoms with Crippen molar-refractivity contribution in [2.24, 2.45) is 5.41 Å². The lowest BCUT2D eigenvalue weighted by Gasteiger charge is -2.36. The molecule has 0 aliphatic carbocycles. The standard InChI is InChI=1S/C23H31NO2S2/c1-5-7-13-23(6-2)16-24(19-11-9-8-10-12-19)20-15-21(27-4)18(3)14-22(20)28(25,26)17-23/h8-12,14-15H,5-7,13,16-17H2,1-4H3. The summed E-state index contributed by atoms with van der Waals surface area (Å²) in [6.07, 6.45) is 5.97. The Labute approximate surface area is 174 Å². The Morgan fingerprint density at radius 2 is 1.86 bits per heavy atom. The minimum absolute atomic E-state index is 0.227. The van der Waals surface area contributed by atoms with Crippen LogP contribution in [0.15, 0.2) is 52.3 Å². The van der Waals surface area contributed by atoms with Gasteiger partial charge in [-0.05, 0) is 55.9 Å². The molecule has 0 fully saturated rings. The number of hydrogen-bond donors (Lipinski definition) is 0. The maximum Gasteiger partial charge on any atom is 0.181 e. The van der Waals surface area contributed by atoms with Crippen molar-refractivity contribution in [3.8, 4) is 0 Å². The van der Waals surface area contributed by atoms with Crippen LogP contribution in [0.2, 0.25) is 0 Å². The van der Waals surface area contributed by atoms with E-state index in [1.807, 2.05) is 37.4 Å². The first kappa shape index (κ1) is 21.3. The van der Waals surface area contributed by atoms with Crippen molar-refractivity contribution in [2.45, 2.75) is 56.2 Å². The summed E-state index contributed by atoms with van der Waals surface area (Å²) in [5, 5.41) is 0. The van der Waals surface area contributed by atoms with Crippen molar-refractivity contribution < 1.29 is 8.42 Å². The smallest absolute Gasteiger partial charge is 0.181 e. The van der Waals surface area contributed by atoms with Gasteiger partial charge in [-0.1, -0.05) is 44.9 Å². The Hall–Kier alpha value is -1.46. The summed E-state index contributed by atoms with van der Waals surface area (Å²) in [5.74, 6) is 0.227. The predicted octanol–water partition coefficient (Wildman–Crippen LogP) is 6.23. The molecule has 28 heavy (non-hydrogen) atoms. The molecule has 0 aromatic heterocycles. The van der Waals surface area contributed by atoms with Crippen molar-refractivity contribution >= 4 is 33.0 Å². The van der Waals surface area contributed by atoms with Gasteiger partial charge in [-0.25, -0.2) is 8.42 Å². The lowest BCUT2D eigenvalue weighted by molar-refractivity contribution is 0.290. The van der Waals surface area contributed by atoms with E-state index in [0.717, 1.165) is 54.1 Å². The van der Waals surface area contributed by atoms with Gasteiger partial charge in [0.15, 0.2) is 9.84 Å². The molecule has 0 saturated carbocycles. The Morgan fingerprint density at radius 3 is 2.46 bits per heavy atom. The Bertz CT molecular complexity index is 925. The first-order chi connectivity index (χ1) is 13.4. The fourth-order valence-corrected chi connectivity index (χ4v) is 7.07. The third kappa shape index (κ3) is 4.11. The van der Waals surface area contributed by atoms with E-state index in [4.69, 9.17) is 0 Å². The van der Waals surface area contributed by atoms with Crippen molar-refractivity contribution in [3.63, 3.8) is 0 Å². The SMILES string of the molecule is CCCCC1(CC)CN(c2ccccc2)c2cc(SC)c(C)cc2S(=O)(=O)C1. The number of sulfone groups is 1. The van der Waals surface area contributed by atoms with Gasteiger partial charge in [-0.15, -0.1) is 11.8 Å². The average molecular weight is 418 g/mol. The fraction of sp³-hybridized carbons (Fsp3) is 0.478. The number of unbranched alkanes of at least 4 members (excludes halogenated alkanes) is 1. The number of rotatable bonds is 6. The molecule has 0 bridgehead atoms. The van der Waals surface area contributed by atoms with E-state index in [2.05, 4.69) is 36.9 Å². The van der Waals surface area contributed by atoms with Crippen LogP contribution in [0.3, 0.4) is 0 Å². The molecule has 1 aliphatic rings. The van der Waals surface area contributed by atoms with E-state index >= 15 is 0 Å². The van der Waals surface area contributed by atoms with Crippen molar-refractivity contribution in [3.05, 3.63) is 48.0 Å². The van der Waals surface area contributed by atoms with Crippen LogP contribution >= 0.6 is 11.8 Å². The van der Waals surface area contributed by atoms with Gasteiger partial charge in [0.2, 0.25) is 0 Å². The zero-order valence-electron chi connectivity index (χ0n) is 17.4. The minimum atomic E-state index is -3.37. The van der Waals surface area contributed by atoms with Gasteiger partial charge in [-0.2, -0.15) is 0 Å². The number of para-hydroxylation sites is 1. The van der Waals surface area contributed by atoms with Crippen molar-refractivity contribution in [1.82, 2.24) is 0 Å². The molecule has 0 spiro atoms. The monoisotopic (exact) mass is 417 g/mol. The molecule has 0 radical (unpaired) electrons. The van der Waals surface area contributed by atoms with Gasteiger partial charge in [0, 0.05) is 22.5 Å². The lowest BCUT2D eigenvalue weighted by atomic mass is 9.81. The summed E-state index contributed by atoms with van der Waals surface area (Å²) in [5.41, 5.74) is 2.68. The lowest BCUT2D eigenvalue weighted by Crippen LogP contribution is -2.37. The van der Waals surface area contributed by atoms with Gasteiger partial charge < -0.3 is 4.90 Å². The largest absolute Gasteiger partial charge is 0.340 e. The van der Waals surface area contributed by atoms with Crippen molar-refractivity contribution in [1.29, 1.82) is 0 Å². The quantitative estimate of drug-likeness (QED) is 0.522. The highest BCUT2D eigenvalue weighted by Gasteiger charge is 2.41. The number of nitrogens with zero attached hydrogens (tertiary/aromatic N) is 1. The maximum absolute atomic E-state index is 13.5. The van der Waals surface area contributed by atoms with Crippen LogP contribution in [-0.2, 0) is 9.84 Å². The van der Waals surface area contributed by atoms with E-state index in [0.29, 0.717) is 4.90 Å². The summed E-state index contributed by atoms with van der Waals surface area (Å²) in [6, 6.07) is 14.2. The maximum atomic E-state index is 13.5. The van der Waals surface area contributed by atoms with Crippen LogP contribution in [0.5, 0.6) is 0 Å².